The average Bonchev–Trinajstić information content (AvgIpc) is 1.86. The predicted molar refractivity (Wildman–Crippen MR) is 51.1 cm³/mol. The lowest BCUT2D eigenvalue weighted by molar-refractivity contribution is -0.113. The third kappa shape index (κ3) is 35.4. The number of hydrogen-bond acceptors (Lipinski definition) is 4. The molecule has 0 saturated heterocycles. The molecule has 0 aliphatic carbocycles. The highest BCUT2D eigenvalue weighted by Crippen LogP contribution is 1.83. The van der Waals surface area contributed by atoms with Crippen molar-refractivity contribution in [2.24, 2.45) is 5.73 Å². The summed E-state index contributed by atoms with van der Waals surface area (Å²) in [7, 11) is -3.67. The Morgan fingerprint density at radius 2 is 1.92 bits per heavy atom. The Morgan fingerprint density at radius 3 is 1.92 bits per heavy atom. The van der Waals surface area contributed by atoms with Crippen LogP contribution >= 0.6 is 0 Å². The lowest BCUT2D eigenvalue weighted by atomic mass is 10.6. The molecule has 0 atom stereocenters. The molecule has 0 heterocycles. The first-order valence-corrected chi connectivity index (χ1v) is 4.81. The van der Waals surface area contributed by atoms with E-state index in [2.05, 4.69) is 12.3 Å². The number of carbonyl (C=O) groups excluding carboxylic acids is 1. The van der Waals surface area contributed by atoms with Gasteiger partial charge in [-0.1, -0.05) is 13.5 Å². The zero-order valence-corrected chi connectivity index (χ0v) is 8.38. The average molecular weight is 212 g/mol. The molecule has 0 saturated carbocycles. The highest BCUT2D eigenvalue weighted by molar-refractivity contribution is 7.85. The lowest BCUT2D eigenvalue weighted by Crippen LogP contribution is -2.04. The second kappa shape index (κ2) is 9.17. The van der Waals surface area contributed by atoms with E-state index in [-0.39, 0.29) is 11.9 Å². The van der Waals surface area contributed by atoms with Crippen molar-refractivity contribution in [2.45, 2.75) is 13.3 Å². The number of primary amides is 1. The minimum atomic E-state index is -3.67. The van der Waals surface area contributed by atoms with Crippen LogP contribution in [-0.4, -0.2) is 24.6 Å². The van der Waals surface area contributed by atoms with Crippen molar-refractivity contribution in [2.75, 3.05) is 5.75 Å². The minimum absolute atomic E-state index is 0. The van der Waals surface area contributed by atoms with Gasteiger partial charge in [0, 0.05) is 0 Å². The zero-order chi connectivity index (χ0) is 10.2. The first-order valence-electron chi connectivity index (χ1n) is 3.20. The van der Waals surface area contributed by atoms with Crippen LogP contribution in [0.3, 0.4) is 0 Å². The quantitative estimate of drug-likeness (QED) is 0.451. The molecule has 6 N–H and O–H groups in total. The predicted octanol–water partition coefficient (Wildman–Crippen LogP) is 0.104. The smallest absolute Gasteiger partial charge is 0.264 e. The van der Waals surface area contributed by atoms with Gasteiger partial charge >= 0.3 is 0 Å². The fourth-order valence-electron chi connectivity index (χ4n) is 0.258. The van der Waals surface area contributed by atoms with Crippen molar-refractivity contribution >= 4 is 16.0 Å². The van der Waals surface area contributed by atoms with Crippen LogP contribution in [0.2, 0.25) is 0 Å². The monoisotopic (exact) mass is 212 g/mol. The van der Waals surface area contributed by atoms with E-state index in [4.69, 9.17) is 4.55 Å². The van der Waals surface area contributed by atoms with Crippen molar-refractivity contribution in [3.8, 4) is 0 Å². The molecule has 0 unspecified atom stereocenters. The number of hydrogen-bond donors (Lipinski definition) is 3. The molecule has 0 bridgehead atoms. The van der Waals surface area contributed by atoms with Crippen molar-refractivity contribution in [3.05, 3.63) is 12.7 Å². The first kappa shape index (κ1) is 18.0. The largest absolute Gasteiger partial charge is 0.366 e. The van der Waals surface area contributed by atoms with E-state index in [0.717, 1.165) is 6.08 Å². The van der Waals surface area contributed by atoms with Crippen LogP contribution in [0.1, 0.15) is 13.3 Å². The van der Waals surface area contributed by atoms with E-state index >= 15 is 0 Å². The molecule has 0 radical (unpaired) electrons. The molecular weight excluding hydrogens is 196 g/mol. The van der Waals surface area contributed by atoms with E-state index in [1.165, 1.54) is 0 Å². The second-order valence-corrected chi connectivity index (χ2v) is 3.46. The van der Waals surface area contributed by atoms with E-state index in [9.17, 15) is 13.2 Å². The lowest BCUT2D eigenvalue weighted by Gasteiger charge is -1.85. The van der Waals surface area contributed by atoms with E-state index < -0.39 is 16.0 Å². The second-order valence-electron chi connectivity index (χ2n) is 1.89. The molecule has 0 aliphatic rings. The van der Waals surface area contributed by atoms with Gasteiger partial charge in [-0.15, -0.1) is 0 Å². The van der Waals surface area contributed by atoms with Gasteiger partial charge in [-0.2, -0.15) is 8.42 Å². The molecule has 1 amide bonds. The summed E-state index contributed by atoms with van der Waals surface area (Å²) in [4.78, 5) is 9.47. The topological polar surface area (TPSA) is 132 Å². The Labute approximate surface area is 78.1 Å². The number of nitrogens with two attached hydrogens (primary N) is 1. The summed E-state index contributed by atoms with van der Waals surface area (Å²) in [5.41, 5.74) is 4.53. The van der Waals surface area contributed by atoms with Crippen molar-refractivity contribution in [3.63, 3.8) is 0 Å². The van der Waals surface area contributed by atoms with Crippen molar-refractivity contribution in [1.82, 2.24) is 6.15 Å². The van der Waals surface area contributed by atoms with Gasteiger partial charge < -0.3 is 11.9 Å². The van der Waals surface area contributed by atoms with E-state index in [0.29, 0.717) is 6.42 Å². The van der Waals surface area contributed by atoms with Gasteiger partial charge in [0.05, 0.1) is 5.75 Å². The highest BCUT2D eigenvalue weighted by atomic mass is 32.2. The number of carbonyl (C=O) groups is 1. The van der Waals surface area contributed by atoms with Gasteiger partial charge in [0.2, 0.25) is 5.91 Å². The van der Waals surface area contributed by atoms with Crippen LogP contribution in [0.5, 0.6) is 0 Å². The molecule has 0 aliphatic heterocycles. The Balaban J connectivity index is -0.000000150. The summed E-state index contributed by atoms with van der Waals surface area (Å²) >= 11 is 0. The van der Waals surface area contributed by atoms with Crippen LogP contribution in [-0.2, 0) is 14.9 Å². The molecule has 13 heavy (non-hydrogen) atoms. The summed E-state index contributed by atoms with van der Waals surface area (Å²) in [6.07, 6.45) is 1.53. The third-order valence-electron chi connectivity index (χ3n) is 0.663. The summed E-state index contributed by atoms with van der Waals surface area (Å²) in [6.45, 7) is 4.77. The third-order valence-corrected chi connectivity index (χ3v) is 1.59. The van der Waals surface area contributed by atoms with E-state index in [1.54, 1.807) is 6.92 Å². The van der Waals surface area contributed by atoms with Crippen LogP contribution in [0, 0.1) is 0 Å². The number of rotatable bonds is 3. The van der Waals surface area contributed by atoms with Gasteiger partial charge in [0.1, 0.15) is 0 Å². The molecule has 0 aromatic carbocycles. The maximum Gasteiger partial charge on any atom is 0.264 e. The van der Waals surface area contributed by atoms with Crippen LogP contribution in [0.25, 0.3) is 0 Å². The SMILES string of the molecule is C=CC(N)=O.CCCS(=O)(=O)O.N. The van der Waals surface area contributed by atoms with Crippen LogP contribution < -0.4 is 11.9 Å². The Bertz CT molecular complexity index is 235. The first-order chi connectivity index (χ1) is 5.33. The Kier molecular flexibility index (Phi) is 12.7. The van der Waals surface area contributed by atoms with Crippen LogP contribution in [0.4, 0.5) is 0 Å². The fourth-order valence-corrected chi connectivity index (χ4v) is 0.774. The Hall–Kier alpha value is -0.920. The number of amides is 1. The molecule has 80 valence electrons. The molecular formula is C6H16N2O4S. The maximum atomic E-state index is 9.79. The molecule has 0 aromatic heterocycles. The van der Waals surface area contributed by atoms with E-state index in [1.807, 2.05) is 0 Å². The molecule has 6 nitrogen and oxygen atoms in total. The van der Waals surface area contributed by atoms with Crippen molar-refractivity contribution in [1.29, 1.82) is 0 Å². The standard InChI is InChI=1S/C3H5NO.C3H8O3S.H3N/c1-2-3(4)5;1-2-3-7(4,5)6;/h2H,1H2,(H2,4,5);2-3H2,1H3,(H,4,5,6);1H3. The minimum Gasteiger partial charge on any atom is -0.366 e. The van der Waals surface area contributed by atoms with Gasteiger partial charge in [0.25, 0.3) is 10.1 Å². The normalized spacial score (nSPS) is 8.77. The highest BCUT2D eigenvalue weighted by Gasteiger charge is 1.98. The summed E-state index contributed by atoms with van der Waals surface area (Å²) in [5, 5.41) is 0. The Morgan fingerprint density at radius 1 is 1.62 bits per heavy atom. The summed E-state index contributed by atoms with van der Waals surface area (Å²) in [5.74, 6) is -0.613. The van der Waals surface area contributed by atoms with Crippen LogP contribution in [0.15, 0.2) is 12.7 Å². The van der Waals surface area contributed by atoms with Gasteiger partial charge in [-0.25, -0.2) is 0 Å². The molecule has 0 spiro atoms. The molecule has 0 aromatic rings. The fraction of sp³-hybridized carbons (Fsp3) is 0.500. The summed E-state index contributed by atoms with van der Waals surface area (Å²) in [6, 6.07) is 0. The van der Waals surface area contributed by atoms with Crippen molar-refractivity contribution < 1.29 is 17.8 Å². The van der Waals surface area contributed by atoms with Gasteiger partial charge in [-0.3, -0.25) is 9.35 Å². The molecule has 0 fully saturated rings. The zero-order valence-electron chi connectivity index (χ0n) is 7.56. The molecule has 7 heteroatoms. The van der Waals surface area contributed by atoms with Gasteiger partial charge in [0.15, 0.2) is 0 Å². The summed E-state index contributed by atoms with van der Waals surface area (Å²) < 4.78 is 27.6. The molecule has 0 rings (SSSR count). The maximum absolute atomic E-state index is 9.79. The van der Waals surface area contributed by atoms with Gasteiger partial charge in [-0.05, 0) is 12.5 Å².